The zero-order chi connectivity index (χ0) is 15.2. The van der Waals surface area contributed by atoms with Crippen LogP contribution in [0, 0.1) is 5.92 Å². The Hall–Kier alpha value is -1.75. The normalized spacial score (nSPS) is 10.9. The van der Waals surface area contributed by atoms with E-state index in [1.165, 1.54) is 0 Å². The Kier molecular flexibility index (Phi) is 5.44. The molecule has 2 aromatic rings. The summed E-state index contributed by atoms with van der Waals surface area (Å²) in [5.41, 5.74) is 0.894. The van der Waals surface area contributed by atoms with E-state index >= 15 is 0 Å². The van der Waals surface area contributed by atoms with Gasteiger partial charge in [0.2, 0.25) is 0 Å². The van der Waals surface area contributed by atoms with Crippen LogP contribution >= 0.6 is 11.6 Å². The van der Waals surface area contributed by atoms with Crippen LogP contribution in [0.15, 0.2) is 24.5 Å². The van der Waals surface area contributed by atoms with E-state index in [1.807, 2.05) is 22.9 Å². The van der Waals surface area contributed by atoms with Crippen LogP contribution < -0.4 is 9.47 Å². The zero-order valence-corrected chi connectivity index (χ0v) is 13.3. The van der Waals surface area contributed by atoms with Crippen LogP contribution in [-0.2, 0) is 19.0 Å². The highest BCUT2D eigenvalue weighted by atomic mass is 35.5. The van der Waals surface area contributed by atoms with E-state index in [1.54, 1.807) is 13.4 Å². The Morgan fingerprint density at radius 2 is 2.14 bits per heavy atom. The second kappa shape index (κ2) is 7.31. The molecule has 0 bridgehead atoms. The quantitative estimate of drug-likeness (QED) is 0.737. The monoisotopic (exact) mass is 309 g/mol. The minimum Gasteiger partial charge on any atom is -0.493 e. The van der Waals surface area contributed by atoms with Crippen LogP contribution in [0.3, 0.4) is 0 Å². The fraction of sp³-hybridized carbons (Fsp3) is 0.467. The molecular weight excluding hydrogens is 290 g/mol. The van der Waals surface area contributed by atoms with Crippen molar-refractivity contribution in [3.63, 3.8) is 0 Å². The summed E-state index contributed by atoms with van der Waals surface area (Å²) >= 11 is 5.95. The van der Waals surface area contributed by atoms with Crippen molar-refractivity contribution in [2.24, 2.45) is 5.92 Å². The van der Waals surface area contributed by atoms with Gasteiger partial charge in [0.1, 0.15) is 12.9 Å². The molecule has 0 N–H and O–H groups in total. The third kappa shape index (κ3) is 3.88. The van der Waals surface area contributed by atoms with Crippen LogP contribution in [0.5, 0.6) is 11.5 Å². The van der Waals surface area contributed by atoms with E-state index in [-0.39, 0.29) is 0 Å². The molecule has 0 aliphatic heterocycles. The van der Waals surface area contributed by atoms with Crippen LogP contribution in [0.2, 0.25) is 0 Å². The lowest BCUT2D eigenvalue weighted by atomic mass is 10.2. The third-order valence-corrected chi connectivity index (χ3v) is 3.29. The average molecular weight is 310 g/mol. The maximum atomic E-state index is 5.95. The first-order valence-electron chi connectivity index (χ1n) is 6.87. The number of hydrogen-bond acceptors (Lipinski definition) is 4. The SMILES string of the molecule is COc1cccc(CCl)c1OCc1ncnn1CC(C)C. The molecule has 1 aromatic heterocycles. The van der Waals surface area contributed by atoms with Crippen molar-refractivity contribution >= 4 is 11.6 Å². The smallest absolute Gasteiger partial charge is 0.166 e. The molecule has 0 unspecified atom stereocenters. The highest BCUT2D eigenvalue weighted by Crippen LogP contribution is 2.32. The van der Waals surface area contributed by atoms with Crippen molar-refractivity contribution in [3.8, 4) is 11.5 Å². The molecule has 0 atom stereocenters. The van der Waals surface area contributed by atoms with Crippen molar-refractivity contribution in [1.82, 2.24) is 14.8 Å². The average Bonchev–Trinajstić information content (AvgIpc) is 2.91. The lowest BCUT2D eigenvalue weighted by Crippen LogP contribution is -2.12. The number of benzene rings is 1. The fourth-order valence-electron chi connectivity index (χ4n) is 2.03. The molecule has 0 amide bonds. The highest BCUT2D eigenvalue weighted by molar-refractivity contribution is 6.17. The van der Waals surface area contributed by atoms with Crippen molar-refractivity contribution in [1.29, 1.82) is 0 Å². The molecule has 1 aromatic carbocycles. The Balaban J connectivity index is 2.15. The number of hydrogen-bond donors (Lipinski definition) is 0. The van der Waals surface area contributed by atoms with Crippen molar-refractivity contribution < 1.29 is 9.47 Å². The Morgan fingerprint density at radius 1 is 1.33 bits per heavy atom. The largest absolute Gasteiger partial charge is 0.493 e. The van der Waals surface area contributed by atoms with E-state index in [2.05, 4.69) is 23.9 Å². The van der Waals surface area contributed by atoms with E-state index in [0.717, 1.165) is 17.9 Å². The van der Waals surface area contributed by atoms with Gasteiger partial charge in [-0.15, -0.1) is 11.6 Å². The van der Waals surface area contributed by atoms with Crippen LogP contribution in [-0.4, -0.2) is 21.9 Å². The molecule has 0 aliphatic rings. The van der Waals surface area contributed by atoms with Crippen LogP contribution in [0.4, 0.5) is 0 Å². The van der Waals surface area contributed by atoms with Gasteiger partial charge in [-0.1, -0.05) is 26.0 Å². The van der Waals surface area contributed by atoms with Crippen LogP contribution in [0.1, 0.15) is 25.2 Å². The molecule has 6 heteroatoms. The summed E-state index contributed by atoms with van der Waals surface area (Å²) in [6.07, 6.45) is 1.55. The van der Waals surface area contributed by atoms with E-state index in [4.69, 9.17) is 21.1 Å². The molecule has 0 fully saturated rings. The zero-order valence-electron chi connectivity index (χ0n) is 12.5. The first-order chi connectivity index (χ1) is 10.2. The van der Waals surface area contributed by atoms with Crippen molar-refractivity contribution in [2.45, 2.75) is 32.9 Å². The third-order valence-electron chi connectivity index (χ3n) is 3.00. The first-order valence-corrected chi connectivity index (χ1v) is 7.40. The molecule has 5 nitrogen and oxygen atoms in total. The second-order valence-corrected chi connectivity index (χ2v) is 5.39. The van der Waals surface area contributed by atoms with E-state index < -0.39 is 0 Å². The van der Waals surface area contributed by atoms with E-state index in [0.29, 0.717) is 29.9 Å². The number of alkyl halides is 1. The molecule has 0 saturated carbocycles. The predicted octanol–water partition coefficient (Wildman–Crippen LogP) is 3.26. The summed E-state index contributed by atoms with van der Waals surface area (Å²) in [7, 11) is 1.61. The van der Waals surface area contributed by atoms with Gasteiger partial charge < -0.3 is 9.47 Å². The molecule has 1 heterocycles. The minimum absolute atomic E-state index is 0.330. The van der Waals surface area contributed by atoms with Crippen molar-refractivity contribution in [3.05, 3.63) is 35.9 Å². The molecule has 0 aliphatic carbocycles. The van der Waals surface area contributed by atoms with Gasteiger partial charge in [-0.2, -0.15) is 5.10 Å². The fourth-order valence-corrected chi connectivity index (χ4v) is 2.24. The number of ether oxygens (including phenoxy) is 2. The molecular formula is C15H20ClN3O2. The van der Waals surface area contributed by atoms with Gasteiger partial charge >= 0.3 is 0 Å². The van der Waals surface area contributed by atoms with Gasteiger partial charge in [-0.25, -0.2) is 9.67 Å². The summed E-state index contributed by atoms with van der Waals surface area (Å²) in [4.78, 5) is 4.25. The van der Waals surface area contributed by atoms with Gasteiger partial charge in [-0.05, 0) is 12.0 Å². The summed E-state index contributed by atoms with van der Waals surface area (Å²) in [5.74, 6) is 2.98. The number of nitrogens with zero attached hydrogens (tertiary/aromatic N) is 3. The minimum atomic E-state index is 0.330. The molecule has 21 heavy (non-hydrogen) atoms. The van der Waals surface area contributed by atoms with Gasteiger partial charge in [-0.3, -0.25) is 0 Å². The predicted molar refractivity (Wildman–Crippen MR) is 81.7 cm³/mol. The number of para-hydroxylation sites is 1. The maximum Gasteiger partial charge on any atom is 0.166 e. The maximum absolute atomic E-state index is 5.95. The van der Waals surface area contributed by atoms with Gasteiger partial charge in [0.15, 0.2) is 17.3 Å². The Bertz CT molecular complexity index is 562. The molecule has 0 radical (unpaired) electrons. The van der Waals surface area contributed by atoms with Gasteiger partial charge in [0.05, 0.1) is 13.0 Å². The standard InChI is InChI=1S/C15H20ClN3O2/c1-11(2)8-19-14(17-10-18-19)9-21-15-12(7-16)5-4-6-13(15)20-3/h4-6,10-11H,7-9H2,1-3H3. The number of rotatable bonds is 7. The number of methoxy groups -OCH3 is 1. The number of halogens is 1. The Morgan fingerprint density at radius 3 is 2.81 bits per heavy atom. The molecule has 2 rings (SSSR count). The topological polar surface area (TPSA) is 49.2 Å². The summed E-state index contributed by atoms with van der Waals surface area (Å²) in [6.45, 7) is 5.42. The lowest BCUT2D eigenvalue weighted by molar-refractivity contribution is 0.264. The Labute approximate surface area is 129 Å². The summed E-state index contributed by atoms with van der Waals surface area (Å²) in [6, 6.07) is 5.67. The molecule has 114 valence electrons. The van der Waals surface area contributed by atoms with E-state index in [9.17, 15) is 0 Å². The molecule has 0 spiro atoms. The van der Waals surface area contributed by atoms with Crippen LogP contribution in [0.25, 0.3) is 0 Å². The number of aromatic nitrogens is 3. The lowest BCUT2D eigenvalue weighted by Gasteiger charge is -2.14. The summed E-state index contributed by atoms with van der Waals surface area (Å²) in [5, 5.41) is 4.22. The highest BCUT2D eigenvalue weighted by Gasteiger charge is 2.12. The van der Waals surface area contributed by atoms with Gasteiger partial charge in [0.25, 0.3) is 0 Å². The van der Waals surface area contributed by atoms with Crippen molar-refractivity contribution in [2.75, 3.05) is 7.11 Å². The molecule has 0 saturated heterocycles. The first kappa shape index (κ1) is 15.6. The summed E-state index contributed by atoms with van der Waals surface area (Å²) < 4.78 is 13.1. The van der Waals surface area contributed by atoms with Gasteiger partial charge in [0, 0.05) is 12.1 Å². The second-order valence-electron chi connectivity index (χ2n) is 5.12.